The summed E-state index contributed by atoms with van der Waals surface area (Å²) in [6, 6.07) is 6.03. The molecule has 16 nitrogen and oxygen atoms in total. The summed E-state index contributed by atoms with van der Waals surface area (Å²) < 4.78 is 44.2. The second-order valence-corrected chi connectivity index (χ2v) is 18.8. The molecule has 60 heavy (non-hydrogen) atoms. The number of fused-ring (bicyclic) bond motifs is 3. The van der Waals surface area contributed by atoms with Crippen LogP contribution in [0.25, 0.3) is 0 Å². The predicted molar refractivity (Wildman–Crippen MR) is 217 cm³/mol. The monoisotopic (exact) mass is 839 g/mol. The molecule has 1 aliphatic carbocycles. The molecule has 0 saturated carbocycles. The van der Waals surface area contributed by atoms with E-state index in [1.54, 1.807) is 69.9 Å². The topological polar surface area (TPSA) is 201 Å². The van der Waals surface area contributed by atoms with Gasteiger partial charge >= 0.3 is 18.0 Å². The highest BCUT2D eigenvalue weighted by molar-refractivity contribution is 5.89. The highest BCUT2D eigenvalue weighted by Crippen LogP contribution is 2.65. The number of alkyl carbamates (subject to hydrolysis) is 1. The number of hydrogen-bond donors (Lipinski definition) is 3. The average molecular weight is 840 g/mol. The number of nitrogens with zero attached hydrogens (tertiary/aromatic N) is 2. The van der Waals surface area contributed by atoms with Crippen LogP contribution in [0.4, 0.5) is 4.79 Å². The first-order chi connectivity index (χ1) is 27.9. The first-order valence-electron chi connectivity index (χ1n) is 20.5. The zero-order valence-electron chi connectivity index (χ0n) is 36.3. The van der Waals surface area contributed by atoms with Gasteiger partial charge in [-0.1, -0.05) is 50.4 Å². The highest BCUT2D eigenvalue weighted by Gasteiger charge is 2.80. The Hall–Kier alpha value is -4.19. The van der Waals surface area contributed by atoms with Crippen molar-refractivity contribution in [3.63, 3.8) is 0 Å². The lowest BCUT2D eigenvalue weighted by Gasteiger charge is -2.69. The number of aliphatic hydroxyl groups excluding tert-OH is 1. The number of aliphatic hydroxyl groups is 2. The first-order valence-corrected chi connectivity index (χ1v) is 20.5. The Bertz CT molecular complexity index is 1890. The summed E-state index contributed by atoms with van der Waals surface area (Å²) in [6.45, 7) is 24.7. The molecule has 0 aromatic heterocycles. The van der Waals surface area contributed by atoms with Gasteiger partial charge in [-0.3, -0.25) is 4.79 Å². The van der Waals surface area contributed by atoms with Crippen molar-refractivity contribution in [3.8, 4) is 0 Å². The van der Waals surface area contributed by atoms with Crippen LogP contribution in [0.1, 0.15) is 98.9 Å². The normalized spacial score (nSPS) is 34.6. The van der Waals surface area contributed by atoms with E-state index in [0.29, 0.717) is 12.0 Å². The summed E-state index contributed by atoms with van der Waals surface area (Å²) in [5.74, 6) is -1.51. The number of hydrogen-bond acceptors (Lipinski definition) is 15. The number of amides is 1. The van der Waals surface area contributed by atoms with Gasteiger partial charge in [-0.05, 0) is 90.2 Å². The first kappa shape index (κ1) is 45.3. The van der Waals surface area contributed by atoms with Gasteiger partial charge in [0.15, 0.2) is 12.5 Å². The summed E-state index contributed by atoms with van der Waals surface area (Å²) >= 11 is 0. The van der Waals surface area contributed by atoms with Gasteiger partial charge in [0.25, 0.3) is 0 Å². The fraction of sp³-hybridized carbons (Fsp3) is 0.659. The molecule has 0 spiro atoms. The number of rotatable bonds is 13. The lowest BCUT2D eigenvalue weighted by atomic mass is 9.64. The molecule has 3 N–H and O–H groups in total. The van der Waals surface area contributed by atoms with Gasteiger partial charge < -0.3 is 48.7 Å². The second-order valence-electron chi connectivity index (χ2n) is 18.8. The molecule has 2 unspecified atom stereocenters. The van der Waals surface area contributed by atoms with Crippen LogP contribution in [-0.4, -0.2) is 117 Å². The number of nitroso groups, excluding NO2 is 1. The number of benzene rings is 1. The lowest BCUT2D eigenvalue weighted by Crippen LogP contribution is -2.87. The summed E-state index contributed by atoms with van der Waals surface area (Å²) in [5.41, 5.74) is -6.57. The van der Waals surface area contributed by atoms with Gasteiger partial charge in [0.1, 0.15) is 48.4 Å². The maximum atomic E-state index is 14.5. The average Bonchev–Trinajstić information content (AvgIpc) is 3.39. The minimum Gasteiger partial charge on any atom is -0.488 e. The molecule has 1 aromatic rings. The predicted octanol–water partition coefficient (Wildman–Crippen LogP) is 5.41. The minimum absolute atomic E-state index is 0.0256. The Kier molecular flexibility index (Phi) is 12.3. The molecule has 16 heteroatoms. The fourth-order valence-electron chi connectivity index (χ4n) is 10.1. The van der Waals surface area contributed by atoms with Crippen molar-refractivity contribution in [2.75, 3.05) is 6.61 Å². The molecular formula is C44H61N3O13. The molecule has 4 saturated heterocycles. The summed E-state index contributed by atoms with van der Waals surface area (Å²) in [4.78, 5) is 55.9. The van der Waals surface area contributed by atoms with Gasteiger partial charge in [-0.15, -0.1) is 0 Å². The molecule has 6 rings (SSSR count). The number of nitrogens with one attached hydrogen (secondary N) is 1. The van der Waals surface area contributed by atoms with Crippen LogP contribution in [0.2, 0.25) is 0 Å². The van der Waals surface area contributed by atoms with Crippen molar-refractivity contribution in [3.05, 3.63) is 76.9 Å². The summed E-state index contributed by atoms with van der Waals surface area (Å²) in [6.07, 6.45) is -6.67. The highest BCUT2D eigenvalue weighted by atomic mass is 16.7. The quantitative estimate of drug-likeness (QED) is 0.0748. The van der Waals surface area contributed by atoms with E-state index in [9.17, 15) is 29.5 Å². The molecule has 1 amide bonds. The maximum Gasteiger partial charge on any atom is 0.407 e. The molecule has 1 aromatic carbocycles. The van der Waals surface area contributed by atoms with E-state index < -0.39 is 101 Å². The number of carbonyl (C=O) groups is 3. The zero-order valence-corrected chi connectivity index (χ0v) is 36.3. The van der Waals surface area contributed by atoms with Crippen molar-refractivity contribution in [2.45, 2.75) is 166 Å². The van der Waals surface area contributed by atoms with Crippen LogP contribution in [0.5, 0.6) is 0 Å². The molecule has 5 aliphatic rings. The third-order valence-corrected chi connectivity index (χ3v) is 12.7. The minimum atomic E-state index is -1.86. The standard InChI is InChI=1S/C44H61N3O13/c1-13-32-56-30-20-31-44(22-54-31,59-26(6)48)47-38(58-37(50)27-17-15-14-16-18-27)43(41(10,11)52)21-29(24(4)33(43)34(46-53)36(57-32)42(30,47)12)55-25(5)35(49)28(19-23(2)3)45-39(51)60-40(7,8)9/h13-18,23,28-32,34-36,38,49,52H,1,5,19-22H2,2-4,6-12H3,(H,45,51)/t28-,29-,30-,31+,32?,34-,35-,36-,38+,42-,43?,44-/m0/s1. The van der Waals surface area contributed by atoms with Crippen molar-refractivity contribution in [2.24, 2.45) is 16.5 Å². The molecule has 0 bridgehead atoms. The number of esters is 2. The van der Waals surface area contributed by atoms with Crippen LogP contribution in [0.3, 0.4) is 0 Å². The molecule has 330 valence electrons. The number of ether oxygens (including phenoxy) is 7. The van der Waals surface area contributed by atoms with Crippen molar-refractivity contribution >= 4 is 18.0 Å². The van der Waals surface area contributed by atoms with Crippen LogP contribution in [0.15, 0.2) is 71.6 Å². The second kappa shape index (κ2) is 16.3. The third kappa shape index (κ3) is 7.68. The molecule has 4 heterocycles. The molecule has 4 aliphatic heterocycles. The third-order valence-electron chi connectivity index (χ3n) is 12.7. The van der Waals surface area contributed by atoms with Crippen LogP contribution in [-0.2, 0) is 38.0 Å². The Labute approximate surface area is 351 Å². The molecule has 4 fully saturated rings. The smallest absolute Gasteiger partial charge is 0.407 e. The maximum absolute atomic E-state index is 14.5. The van der Waals surface area contributed by atoms with Gasteiger partial charge in [0.05, 0.1) is 34.3 Å². The SMILES string of the molecule is C=CC1O[C@H]2C[C@H]3OC[C@@]3(OC(C)=O)N3[C@H](OC(=O)c4ccccc4)C4(C(C)(C)O)C[C@H](OC(=C)[C@H](O)[C@H](CC(C)C)NC(=O)OC(C)(C)C)C(C)=C4[C@H](N=O)[C@H](O1)[C@]23C. The van der Waals surface area contributed by atoms with Crippen molar-refractivity contribution in [1.29, 1.82) is 0 Å². The Balaban J connectivity index is 1.54. The van der Waals surface area contributed by atoms with E-state index in [-0.39, 0.29) is 42.3 Å². The van der Waals surface area contributed by atoms with Gasteiger partial charge in [-0.25, -0.2) is 14.5 Å². The fourth-order valence-corrected chi connectivity index (χ4v) is 10.1. The molecular weight excluding hydrogens is 778 g/mol. The van der Waals surface area contributed by atoms with Gasteiger partial charge in [0, 0.05) is 19.8 Å². The van der Waals surface area contributed by atoms with Gasteiger partial charge in [0.2, 0.25) is 5.72 Å². The zero-order chi connectivity index (χ0) is 44.3. The van der Waals surface area contributed by atoms with E-state index >= 15 is 0 Å². The number of piperidine rings is 1. The Morgan fingerprint density at radius 1 is 1.10 bits per heavy atom. The van der Waals surface area contributed by atoms with Crippen molar-refractivity contribution in [1.82, 2.24) is 10.2 Å². The number of carbonyl (C=O) groups excluding carboxylic acids is 3. The van der Waals surface area contributed by atoms with Crippen LogP contribution < -0.4 is 5.32 Å². The Morgan fingerprint density at radius 2 is 1.77 bits per heavy atom. The summed E-state index contributed by atoms with van der Waals surface area (Å²) in [5, 5.41) is 31.1. The van der Waals surface area contributed by atoms with E-state index in [4.69, 9.17) is 33.2 Å². The van der Waals surface area contributed by atoms with E-state index in [1.807, 2.05) is 13.8 Å². The van der Waals surface area contributed by atoms with E-state index in [2.05, 4.69) is 23.7 Å². The molecule has 12 atom stereocenters. The van der Waals surface area contributed by atoms with E-state index in [1.165, 1.54) is 26.8 Å². The van der Waals surface area contributed by atoms with Crippen LogP contribution >= 0.6 is 0 Å². The van der Waals surface area contributed by atoms with E-state index in [0.717, 1.165) is 0 Å². The largest absolute Gasteiger partial charge is 0.488 e. The van der Waals surface area contributed by atoms with Gasteiger partial charge in [-0.2, -0.15) is 4.91 Å². The summed E-state index contributed by atoms with van der Waals surface area (Å²) in [7, 11) is 0. The van der Waals surface area contributed by atoms with Crippen LogP contribution in [0, 0.1) is 16.2 Å². The molecule has 0 radical (unpaired) electrons. The lowest BCUT2D eigenvalue weighted by molar-refractivity contribution is -0.425. The Morgan fingerprint density at radius 3 is 2.30 bits per heavy atom. The van der Waals surface area contributed by atoms with Crippen molar-refractivity contribution < 1.29 is 57.8 Å².